The van der Waals surface area contributed by atoms with Gasteiger partial charge in [0.2, 0.25) is 5.91 Å². The Labute approximate surface area is 203 Å². The first-order chi connectivity index (χ1) is 16.3. The second-order valence-corrected chi connectivity index (χ2v) is 9.23. The van der Waals surface area contributed by atoms with Gasteiger partial charge in [0, 0.05) is 0 Å². The van der Waals surface area contributed by atoms with Crippen LogP contribution in [0.25, 0.3) is 0 Å². The van der Waals surface area contributed by atoms with E-state index >= 15 is 0 Å². The second-order valence-electron chi connectivity index (χ2n) is 6.96. The van der Waals surface area contributed by atoms with Crippen LogP contribution in [0.3, 0.4) is 0 Å². The number of rotatable bonds is 9. The zero-order valence-corrected chi connectivity index (χ0v) is 20.1. The van der Waals surface area contributed by atoms with Gasteiger partial charge in [-0.3, -0.25) is 9.10 Å². The summed E-state index contributed by atoms with van der Waals surface area (Å²) in [6.45, 7) is 1.35. The van der Waals surface area contributed by atoms with Crippen LogP contribution >= 0.6 is 11.6 Å². The van der Waals surface area contributed by atoms with Crippen LogP contribution in [0.15, 0.2) is 77.7 Å². The van der Waals surface area contributed by atoms with Crippen LogP contribution in [0.1, 0.15) is 17.3 Å². The van der Waals surface area contributed by atoms with Crippen molar-refractivity contribution < 1.29 is 27.5 Å². The van der Waals surface area contributed by atoms with E-state index in [4.69, 9.17) is 21.1 Å². The minimum Gasteiger partial charge on any atom is -0.495 e. The molecule has 0 saturated carbocycles. The topological polar surface area (TPSA) is 102 Å². The Morgan fingerprint density at radius 1 is 1.00 bits per heavy atom. The lowest BCUT2D eigenvalue weighted by Gasteiger charge is -2.25. The van der Waals surface area contributed by atoms with Crippen LogP contribution in [0.5, 0.6) is 5.75 Å². The lowest BCUT2D eigenvalue weighted by atomic mass is 10.2. The highest BCUT2D eigenvalue weighted by molar-refractivity contribution is 7.92. The number of halogens is 1. The molecule has 0 bridgehead atoms. The highest BCUT2D eigenvalue weighted by atomic mass is 35.5. The van der Waals surface area contributed by atoms with Crippen molar-refractivity contribution in [2.75, 3.05) is 29.9 Å². The first kappa shape index (κ1) is 25.1. The molecule has 0 aliphatic carbocycles. The Morgan fingerprint density at radius 3 is 2.32 bits per heavy atom. The van der Waals surface area contributed by atoms with E-state index in [1.54, 1.807) is 49.4 Å². The molecule has 0 aromatic heterocycles. The molecule has 178 valence electrons. The molecule has 3 rings (SSSR count). The van der Waals surface area contributed by atoms with Crippen molar-refractivity contribution >= 4 is 44.9 Å². The fraction of sp³-hybridized carbons (Fsp3) is 0.167. The first-order valence-corrected chi connectivity index (χ1v) is 12.1. The molecule has 3 aromatic rings. The van der Waals surface area contributed by atoms with Gasteiger partial charge in [-0.05, 0) is 49.4 Å². The van der Waals surface area contributed by atoms with E-state index in [1.165, 1.54) is 37.4 Å². The third kappa shape index (κ3) is 5.67. The fourth-order valence-electron chi connectivity index (χ4n) is 3.13. The van der Waals surface area contributed by atoms with Gasteiger partial charge in [0.15, 0.2) is 0 Å². The average molecular weight is 503 g/mol. The number of nitrogens with zero attached hydrogens (tertiary/aromatic N) is 1. The molecule has 0 radical (unpaired) electrons. The second kappa shape index (κ2) is 11.0. The van der Waals surface area contributed by atoms with Crippen LogP contribution in [0.2, 0.25) is 5.02 Å². The minimum atomic E-state index is -4.11. The van der Waals surface area contributed by atoms with E-state index in [-0.39, 0.29) is 39.2 Å². The molecule has 10 heteroatoms. The van der Waals surface area contributed by atoms with Gasteiger partial charge in [0.1, 0.15) is 12.3 Å². The Morgan fingerprint density at radius 2 is 1.68 bits per heavy atom. The molecular weight excluding hydrogens is 480 g/mol. The number of para-hydroxylation sites is 2. The maximum absolute atomic E-state index is 13.4. The number of hydrogen-bond donors (Lipinski definition) is 1. The van der Waals surface area contributed by atoms with Crippen molar-refractivity contribution in [3.63, 3.8) is 0 Å². The van der Waals surface area contributed by atoms with Crippen LogP contribution in [0.4, 0.5) is 11.4 Å². The standard InChI is InChI=1S/C24H23ClN2O6S/c1-3-33-24(29)17-13-14-20(19(25)15-17)26-23(28)16-27(21-11-7-8-12-22(21)32-2)34(30,31)18-9-5-4-6-10-18/h4-15H,3,16H2,1-2H3,(H,26,28). The lowest BCUT2D eigenvalue weighted by molar-refractivity contribution is -0.114. The Bertz CT molecular complexity index is 1280. The first-order valence-electron chi connectivity index (χ1n) is 10.2. The molecule has 3 aromatic carbocycles. The molecule has 0 atom stereocenters. The molecule has 1 N–H and O–H groups in total. The molecule has 8 nitrogen and oxygen atoms in total. The van der Waals surface area contributed by atoms with Crippen molar-refractivity contribution in [2.24, 2.45) is 0 Å². The van der Waals surface area contributed by atoms with Crippen LogP contribution in [0, 0.1) is 0 Å². The summed E-state index contributed by atoms with van der Waals surface area (Å²) in [6, 6.07) is 18.5. The number of ether oxygens (including phenoxy) is 2. The van der Waals surface area contributed by atoms with Crippen molar-refractivity contribution in [1.29, 1.82) is 0 Å². The predicted octanol–water partition coefficient (Wildman–Crippen LogP) is 4.36. The molecule has 0 spiro atoms. The number of amides is 1. The van der Waals surface area contributed by atoms with E-state index in [1.807, 2.05) is 0 Å². The molecule has 0 aliphatic rings. The summed E-state index contributed by atoms with van der Waals surface area (Å²) in [5.41, 5.74) is 0.650. The van der Waals surface area contributed by atoms with Crippen molar-refractivity contribution in [1.82, 2.24) is 0 Å². The highest BCUT2D eigenvalue weighted by Gasteiger charge is 2.29. The highest BCUT2D eigenvalue weighted by Crippen LogP contribution is 2.32. The third-order valence-electron chi connectivity index (χ3n) is 4.73. The molecule has 1 amide bonds. The van der Waals surface area contributed by atoms with Gasteiger partial charge >= 0.3 is 5.97 Å². The van der Waals surface area contributed by atoms with Gasteiger partial charge in [-0.1, -0.05) is 41.9 Å². The molecule has 0 fully saturated rings. The average Bonchev–Trinajstić information content (AvgIpc) is 2.84. The maximum atomic E-state index is 13.4. The fourth-order valence-corrected chi connectivity index (χ4v) is 4.81. The quantitative estimate of drug-likeness (QED) is 0.436. The number of hydrogen-bond acceptors (Lipinski definition) is 6. The van der Waals surface area contributed by atoms with Gasteiger partial charge in [0.05, 0.1) is 40.6 Å². The summed E-state index contributed by atoms with van der Waals surface area (Å²) in [5, 5.41) is 2.70. The largest absolute Gasteiger partial charge is 0.495 e. The number of nitrogens with one attached hydrogen (secondary N) is 1. The Balaban J connectivity index is 1.91. The van der Waals surface area contributed by atoms with Crippen molar-refractivity contribution in [3.8, 4) is 5.75 Å². The number of carbonyl (C=O) groups excluding carboxylic acids is 2. The molecule has 34 heavy (non-hydrogen) atoms. The smallest absolute Gasteiger partial charge is 0.338 e. The monoisotopic (exact) mass is 502 g/mol. The summed E-state index contributed by atoms with van der Waals surface area (Å²) >= 11 is 6.23. The Kier molecular flexibility index (Phi) is 8.14. The van der Waals surface area contributed by atoms with E-state index < -0.39 is 28.4 Å². The molecule has 0 unspecified atom stereocenters. The summed E-state index contributed by atoms with van der Waals surface area (Å²) < 4.78 is 38.1. The summed E-state index contributed by atoms with van der Waals surface area (Å²) in [6.07, 6.45) is 0. The van der Waals surface area contributed by atoms with E-state index in [2.05, 4.69) is 5.32 Å². The predicted molar refractivity (Wildman–Crippen MR) is 130 cm³/mol. The lowest BCUT2D eigenvalue weighted by Crippen LogP contribution is -2.38. The van der Waals surface area contributed by atoms with Crippen molar-refractivity contribution in [2.45, 2.75) is 11.8 Å². The van der Waals surface area contributed by atoms with E-state index in [9.17, 15) is 18.0 Å². The van der Waals surface area contributed by atoms with Crippen LogP contribution in [-0.4, -0.2) is 40.6 Å². The number of esters is 1. The number of anilines is 2. The number of methoxy groups -OCH3 is 1. The summed E-state index contributed by atoms with van der Waals surface area (Å²) in [4.78, 5) is 24.8. The summed E-state index contributed by atoms with van der Waals surface area (Å²) in [5.74, 6) is -0.901. The van der Waals surface area contributed by atoms with E-state index in [0.29, 0.717) is 0 Å². The van der Waals surface area contributed by atoms with Crippen molar-refractivity contribution in [3.05, 3.63) is 83.4 Å². The number of carbonyl (C=O) groups is 2. The summed E-state index contributed by atoms with van der Waals surface area (Å²) in [7, 11) is -2.70. The Hall–Kier alpha value is -3.56. The van der Waals surface area contributed by atoms with Gasteiger partial charge in [0.25, 0.3) is 10.0 Å². The molecular formula is C24H23ClN2O6S. The maximum Gasteiger partial charge on any atom is 0.338 e. The van der Waals surface area contributed by atoms with Gasteiger partial charge < -0.3 is 14.8 Å². The molecule has 0 aliphatic heterocycles. The van der Waals surface area contributed by atoms with E-state index in [0.717, 1.165) is 4.31 Å². The zero-order valence-electron chi connectivity index (χ0n) is 18.5. The number of sulfonamides is 1. The van der Waals surface area contributed by atoms with Gasteiger partial charge in [-0.2, -0.15) is 0 Å². The van der Waals surface area contributed by atoms with Crippen LogP contribution < -0.4 is 14.4 Å². The molecule has 0 saturated heterocycles. The third-order valence-corrected chi connectivity index (χ3v) is 6.81. The van der Waals surface area contributed by atoms with Crippen LogP contribution in [-0.2, 0) is 19.6 Å². The number of benzene rings is 3. The normalized spacial score (nSPS) is 10.9. The SMILES string of the molecule is CCOC(=O)c1ccc(NC(=O)CN(c2ccccc2OC)S(=O)(=O)c2ccccc2)c(Cl)c1. The zero-order chi connectivity index (χ0) is 24.7. The minimum absolute atomic E-state index is 0.0190. The van der Waals surface area contributed by atoms with Gasteiger partial charge in [-0.15, -0.1) is 0 Å². The molecule has 0 heterocycles. The van der Waals surface area contributed by atoms with Gasteiger partial charge in [-0.25, -0.2) is 13.2 Å².